The van der Waals surface area contributed by atoms with E-state index in [1.807, 2.05) is 0 Å². The van der Waals surface area contributed by atoms with Gasteiger partial charge in [0.15, 0.2) is 0 Å². The van der Waals surface area contributed by atoms with Gasteiger partial charge in [-0.2, -0.15) is 0 Å². The predicted octanol–water partition coefficient (Wildman–Crippen LogP) is 8.50. The van der Waals surface area contributed by atoms with Crippen molar-refractivity contribution in [2.45, 2.75) is 73.1 Å². The average molecular weight is 365 g/mol. The molecule has 0 saturated heterocycles. The van der Waals surface area contributed by atoms with Gasteiger partial charge in [0.25, 0.3) is 0 Å². The van der Waals surface area contributed by atoms with Crippen LogP contribution in [0.25, 0.3) is 5.57 Å². The van der Waals surface area contributed by atoms with E-state index in [1.165, 1.54) is 60.8 Å². The van der Waals surface area contributed by atoms with Gasteiger partial charge in [0.1, 0.15) is 0 Å². The highest BCUT2D eigenvalue weighted by Gasteiger charge is 2.12. The normalized spacial score (nSPS) is 11.6. The molecule has 148 valence electrons. The molecule has 0 N–H and O–H groups in total. The largest absolute Gasteiger partial charge is 0.0950 e. The van der Waals surface area contributed by atoms with Gasteiger partial charge in [-0.25, -0.2) is 0 Å². The summed E-state index contributed by atoms with van der Waals surface area (Å²) in [4.78, 5) is 0. The quantitative estimate of drug-likeness (QED) is 0.418. The van der Waals surface area contributed by atoms with Crippen molar-refractivity contribution in [2.75, 3.05) is 0 Å². The predicted molar refractivity (Wildman–Crippen MR) is 123 cm³/mol. The maximum atomic E-state index is 4.29. The van der Waals surface area contributed by atoms with E-state index < -0.39 is 0 Å². The third-order valence-corrected chi connectivity index (χ3v) is 5.31. The molecular formula is C27H40. The monoisotopic (exact) mass is 364 g/mol. The fourth-order valence-electron chi connectivity index (χ4n) is 3.35. The maximum Gasteiger partial charge on any atom is -0.0162 e. The second-order valence-corrected chi connectivity index (χ2v) is 7.87. The SMILES string of the molecule is C=C(c1ccc(C)cc1)C(CCC)CCC.CC[C@@H](C)Cc1ccccc1. The van der Waals surface area contributed by atoms with Crippen molar-refractivity contribution < 1.29 is 0 Å². The topological polar surface area (TPSA) is 0 Å². The van der Waals surface area contributed by atoms with Crippen LogP contribution in [0.15, 0.2) is 61.2 Å². The molecular weight excluding hydrogens is 324 g/mol. The van der Waals surface area contributed by atoms with Gasteiger partial charge in [-0.1, -0.05) is 114 Å². The lowest BCUT2D eigenvalue weighted by atomic mass is 9.87. The minimum atomic E-state index is 0.665. The average Bonchev–Trinajstić information content (AvgIpc) is 2.69. The molecule has 0 aliphatic heterocycles. The van der Waals surface area contributed by atoms with Crippen LogP contribution in [0.5, 0.6) is 0 Å². The van der Waals surface area contributed by atoms with Gasteiger partial charge in [-0.15, -0.1) is 0 Å². The van der Waals surface area contributed by atoms with Gasteiger partial charge in [0.2, 0.25) is 0 Å². The maximum absolute atomic E-state index is 4.29. The Morgan fingerprint density at radius 2 is 1.41 bits per heavy atom. The number of rotatable bonds is 9. The molecule has 2 rings (SSSR count). The summed E-state index contributed by atoms with van der Waals surface area (Å²) in [5.74, 6) is 1.48. The van der Waals surface area contributed by atoms with Crippen LogP contribution < -0.4 is 0 Å². The summed E-state index contributed by atoms with van der Waals surface area (Å²) in [6.45, 7) is 15.5. The van der Waals surface area contributed by atoms with Crippen molar-refractivity contribution in [3.63, 3.8) is 0 Å². The van der Waals surface area contributed by atoms with E-state index in [2.05, 4.69) is 95.8 Å². The lowest BCUT2D eigenvalue weighted by Gasteiger charge is -2.18. The fourth-order valence-corrected chi connectivity index (χ4v) is 3.35. The molecule has 1 atom stereocenters. The lowest BCUT2D eigenvalue weighted by Crippen LogP contribution is -2.02. The smallest absolute Gasteiger partial charge is 0.0162 e. The van der Waals surface area contributed by atoms with Crippen LogP contribution in [0, 0.1) is 18.8 Å². The molecule has 2 aromatic carbocycles. The van der Waals surface area contributed by atoms with Crippen LogP contribution in [0.3, 0.4) is 0 Å². The highest BCUT2D eigenvalue weighted by atomic mass is 14.2. The van der Waals surface area contributed by atoms with Crippen LogP contribution in [0.1, 0.15) is 76.5 Å². The molecule has 0 unspecified atom stereocenters. The first kappa shape index (κ1) is 23.2. The van der Waals surface area contributed by atoms with Gasteiger partial charge in [0, 0.05) is 0 Å². The minimum Gasteiger partial charge on any atom is -0.0950 e. The summed E-state index contributed by atoms with van der Waals surface area (Å²) >= 11 is 0. The van der Waals surface area contributed by atoms with Crippen molar-refractivity contribution in [3.8, 4) is 0 Å². The fraction of sp³-hybridized carbons (Fsp3) is 0.481. The van der Waals surface area contributed by atoms with E-state index in [0.29, 0.717) is 5.92 Å². The van der Waals surface area contributed by atoms with E-state index in [9.17, 15) is 0 Å². The first-order valence-electron chi connectivity index (χ1n) is 10.8. The third kappa shape index (κ3) is 9.09. The van der Waals surface area contributed by atoms with Crippen molar-refractivity contribution in [1.29, 1.82) is 0 Å². The Bertz CT molecular complexity index is 615. The Morgan fingerprint density at radius 1 is 0.852 bits per heavy atom. The summed E-state index contributed by atoms with van der Waals surface area (Å²) in [6, 6.07) is 19.4. The molecule has 0 saturated carbocycles. The molecule has 27 heavy (non-hydrogen) atoms. The van der Waals surface area contributed by atoms with E-state index >= 15 is 0 Å². The first-order valence-corrected chi connectivity index (χ1v) is 10.8. The molecule has 0 nitrogen and oxygen atoms in total. The van der Waals surface area contributed by atoms with Crippen molar-refractivity contribution in [2.24, 2.45) is 11.8 Å². The van der Waals surface area contributed by atoms with Crippen molar-refractivity contribution in [1.82, 2.24) is 0 Å². The summed E-state index contributed by atoms with van der Waals surface area (Å²) in [7, 11) is 0. The van der Waals surface area contributed by atoms with Crippen LogP contribution in [-0.2, 0) is 6.42 Å². The number of aryl methyl sites for hydroxylation is 1. The van der Waals surface area contributed by atoms with Crippen LogP contribution >= 0.6 is 0 Å². The highest BCUT2D eigenvalue weighted by Crippen LogP contribution is 2.29. The van der Waals surface area contributed by atoms with Crippen molar-refractivity contribution >= 4 is 5.57 Å². The first-order chi connectivity index (χ1) is 13.0. The second kappa shape index (κ2) is 13.4. The zero-order valence-corrected chi connectivity index (χ0v) is 18.3. The Balaban J connectivity index is 0.000000289. The van der Waals surface area contributed by atoms with E-state index in [4.69, 9.17) is 0 Å². The van der Waals surface area contributed by atoms with Gasteiger partial charge in [-0.05, 0) is 54.7 Å². The summed E-state index contributed by atoms with van der Waals surface area (Å²) < 4.78 is 0. The standard InChI is InChI=1S/C16H24.C11H16/c1-5-7-15(8-6-2)14(4)16-11-9-13(3)10-12-16;1-3-10(2)9-11-7-5-4-6-8-11/h9-12,15H,4-8H2,1-3H3;4-8,10H,3,9H2,1-2H3/t;10-/m.1/s1. The van der Waals surface area contributed by atoms with Gasteiger partial charge >= 0.3 is 0 Å². The second-order valence-electron chi connectivity index (χ2n) is 7.87. The van der Waals surface area contributed by atoms with E-state index in [0.717, 1.165) is 5.92 Å². The molecule has 0 spiro atoms. The van der Waals surface area contributed by atoms with Crippen LogP contribution in [0.2, 0.25) is 0 Å². The molecule has 0 bridgehead atoms. The molecule has 0 radical (unpaired) electrons. The summed E-state index contributed by atoms with van der Waals surface area (Å²) in [5.41, 5.74) is 5.42. The molecule has 0 aliphatic rings. The van der Waals surface area contributed by atoms with E-state index in [-0.39, 0.29) is 0 Å². The zero-order chi connectivity index (χ0) is 20.1. The van der Waals surface area contributed by atoms with E-state index in [1.54, 1.807) is 0 Å². The van der Waals surface area contributed by atoms with Crippen LogP contribution in [-0.4, -0.2) is 0 Å². The van der Waals surface area contributed by atoms with Crippen molar-refractivity contribution in [3.05, 3.63) is 77.9 Å². The zero-order valence-electron chi connectivity index (χ0n) is 18.3. The van der Waals surface area contributed by atoms with Crippen LogP contribution in [0.4, 0.5) is 0 Å². The lowest BCUT2D eigenvalue weighted by molar-refractivity contribution is 0.544. The summed E-state index contributed by atoms with van der Waals surface area (Å²) in [5, 5.41) is 0. The van der Waals surface area contributed by atoms with Gasteiger partial charge < -0.3 is 0 Å². The molecule has 0 fully saturated rings. The molecule has 2 aromatic rings. The third-order valence-electron chi connectivity index (χ3n) is 5.31. The summed E-state index contributed by atoms with van der Waals surface area (Å²) in [6.07, 6.45) is 7.51. The Kier molecular flexibility index (Phi) is 11.5. The molecule has 0 heterocycles. The minimum absolute atomic E-state index is 0.665. The van der Waals surface area contributed by atoms with Gasteiger partial charge in [-0.3, -0.25) is 0 Å². The molecule has 0 aromatic heterocycles. The number of hydrogen-bond donors (Lipinski definition) is 0. The highest BCUT2D eigenvalue weighted by molar-refractivity contribution is 5.65. The van der Waals surface area contributed by atoms with Gasteiger partial charge in [0.05, 0.1) is 0 Å². The molecule has 0 amide bonds. The molecule has 0 aliphatic carbocycles. The Labute approximate surface area is 168 Å². The number of benzene rings is 2. The Hall–Kier alpha value is -1.82. The molecule has 0 heteroatoms. The number of allylic oxidation sites excluding steroid dienone is 1. The Morgan fingerprint density at radius 3 is 1.89 bits per heavy atom. The number of hydrogen-bond acceptors (Lipinski definition) is 0.